The van der Waals surface area contributed by atoms with Crippen LogP contribution in [0.2, 0.25) is 0 Å². The van der Waals surface area contributed by atoms with E-state index in [-0.39, 0.29) is 5.23 Å². The quantitative estimate of drug-likeness (QED) is 0.555. The zero-order valence-electron chi connectivity index (χ0n) is 5.44. The van der Waals surface area contributed by atoms with E-state index in [9.17, 15) is 8.42 Å². The molecule has 0 aliphatic carbocycles. The fourth-order valence-electron chi connectivity index (χ4n) is 0.546. The van der Waals surface area contributed by atoms with Crippen molar-refractivity contribution in [2.75, 3.05) is 6.61 Å². The molecule has 0 saturated heterocycles. The number of nitrogens with zero attached hydrogens (tertiary/aromatic N) is 1. The molecule has 0 spiro atoms. The Hall–Kier alpha value is -0.840. The molecule has 0 fully saturated rings. The van der Waals surface area contributed by atoms with Crippen LogP contribution in [0.15, 0.2) is 16.6 Å². The molecule has 56 valence electrons. The minimum absolute atomic E-state index is 0.199. The summed E-state index contributed by atoms with van der Waals surface area (Å²) in [5.41, 5.74) is 0. The van der Waals surface area contributed by atoms with Gasteiger partial charge in [0.15, 0.2) is 0 Å². The van der Waals surface area contributed by atoms with Gasteiger partial charge in [0.1, 0.15) is 0 Å². The lowest BCUT2D eigenvalue weighted by molar-refractivity contribution is 0.335. The lowest BCUT2D eigenvalue weighted by Crippen LogP contribution is -2.12. The molecule has 0 aromatic carbocycles. The Morgan fingerprint density at radius 1 is 1.70 bits per heavy atom. The van der Waals surface area contributed by atoms with Crippen molar-refractivity contribution < 1.29 is 13.2 Å². The predicted molar refractivity (Wildman–Crippen MR) is 37.1 cm³/mol. The molecule has 1 aliphatic heterocycles. The molecule has 0 bridgehead atoms. The topological polar surface area (TPSA) is 55.7 Å². The van der Waals surface area contributed by atoms with Crippen molar-refractivity contribution in [1.82, 2.24) is 0 Å². The zero-order chi connectivity index (χ0) is 7.61. The van der Waals surface area contributed by atoms with Gasteiger partial charge in [0.05, 0.1) is 12.0 Å². The van der Waals surface area contributed by atoms with Gasteiger partial charge >= 0.3 is 5.23 Å². The third-order valence-electron chi connectivity index (χ3n) is 0.931. The first-order valence-electron chi connectivity index (χ1n) is 2.79. The van der Waals surface area contributed by atoms with E-state index in [0.29, 0.717) is 6.61 Å². The molecule has 4 nitrogen and oxygen atoms in total. The van der Waals surface area contributed by atoms with Crippen LogP contribution in [0.1, 0.15) is 6.92 Å². The molecule has 1 aliphatic rings. The summed E-state index contributed by atoms with van der Waals surface area (Å²) in [6.45, 7) is 2.02. The van der Waals surface area contributed by atoms with Crippen molar-refractivity contribution in [3.05, 3.63) is 11.6 Å². The lowest BCUT2D eigenvalue weighted by atomic mass is 10.9. The second kappa shape index (κ2) is 2.42. The molecule has 0 saturated carbocycles. The van der Waals surface area contributed by atoms with E-state index in [2.05, 4.69) is 4.99 Å². The van der Waals surface area contributed by atoms with Gasteiger partial charge in [-0.05, 0) is 6.92 Å². The minimum Gasteiger partial charge on any atom is -0.469 e. The van der Waals surface area contributed by atoms with E-state index >= 15 is 0 Å². The third kappa shape index (κ3) is 1.18. The molecule has 0 N–H and O–H groups in total. The fourth-order valence-corrected chi connectivity index (χ4v) is 1.37. The maximum Gasteiger partial charge on any atom is 0.314 e. The molecular weight excluding hydrogens is 154 g/mol. The smallest absolute Gasteiger partial charge is 0.314 e. The van der Waals surface area contributed by atoms with Gasteiger partial charge in [0.25, 0.3) is 9.84 Å². The van der Waals surface area contributed by atoms with Crippen molar-refractivity contribution in [2.45, 2.75) is 6.92 Å². The Kier molecular flexibility index (Phi) is 1.76. The first-order valence-corrected chi connectivity index (χ1v) is 4.33. The summed E-state index contributed by atoms with van der Waals surface area (Å²) >= 11 is 0. The summed E-state index contributed by atoms with van der Waals surface area (Å²) in [4.78, 5) is 3.50. The average Bonchev–Trinajstić information content (AvgIpc) is 2.13. The van der Waals surface area contributed by atoms with Gasteiger partial charge in [0.2, 0.25) is 0 Å². The van der Waals surface area contributed by atoms with Crippen LogP contribution >= 0.6 is 0 Å². The first-order chi connectivity index (χ1) is 4.67. The second-order valence-corrected chi connectivity index (χ2v) is 3.37. The van der Waals surface area contributed by atoms with E-state index in [0.717, 1.165) is 5.41 Å². The SMILES string of the molecule is CCOC1=NC=CS1(=O)=O. The van der Waals surface area contributed by atoms with Crippen LogP contribution in [0.4, 0.5) is 0 Å². The van der Waals surface area contributed by atoms with Gasteiger partial charge < -0.3 is 4.74 Å². The van der Waals surface area contributed by atoms with Crippen LogP contribution < -0.4 is 0 Å². The first kappa shape index (κ1) is 7.27. The van der Waals surface area contributed by atoms with E-state index in [1.165, 1.54) is 6.20 Å². The monoisotopic (exact) mass is 161 g/mol. The maximum absolute atomic E-state index is 10.8. The van der Waals surface area contributed by atoms with Crippen LogP contribution in [0.25, 0.3) is 0 Å². The van der Waals surface area contributed by atoms with E-state index in [4.69, 9.17) is 4.74 Å². The minimum atomic E-state index is -3.30. The highest BCUT2D eigenvalue weighted by Gasteiger charge is 2.20. The third-order valence-corrected chi connectivity index (χ3v) is 2.12. The molecule has 0 aromatic rings. The summed E-state index contributed by atoms with van der Waals surface area (Å²) in [5.74, 6) is 0. The van der Waals surface area contributed by atoms with E-state index in [1.807, 2.05) is 0 Å². The van der Waals surface area contributed by atoms with Crippen LogP contribution in [-0.4, -0.2) is 20.3 Å². The van der Waals surface area contributed by atoms with Crippen molar-refractivity contribution >= 4 is 15.1 Å². The molecule has 1 heterocycles. The highest BCUT2D eigenvalue weighted by molar-refractivity contribution is 8.08. The molecule has 1 rings (SSSR count). The van der Waals surface area contributed by atoms with Crippen molar-refractivity contribution in [3.63, 3.8) is 0 Å². The average molecular weight is 161 g/mol. The molecule has 10 heavy (non-hydrogen) atoms. The highest BCUT2D eigenvalue weighted by atomic mass is 32.2. The Morgan fingerprint density at radius 2 is 2.40 bits per heavy atom. The van der Waals surface area contributed by atoms with Gasteiger partial charge in [-0.15, -0.1) is 0 Å². The lowest BCUT2D eigenvalue weighted by Gasteiger charge is -1.98. The van der Waals surface area contributed by atoms with E-state index < -0.39 is 9.84 Å². The highest BCUT2D eigenvalue weighted by Crippen LogP contribution is 2.06. The standard InChI is InChI=1S/C5H7NO3S/c1-2-9-5-6-3-4-10(5,7)8/h3-4H,2H2,1H3. The van der Waals surface area contributed by atoms with Gasteiger partial charge in [-0.25, -0.2) is 13.4 Å². The summed E-state index contributed by atoms with van der Waals surface area (Å²) < 4.78 is 26.3. The molecule has 0 radical (unpaired) electrons. The van der Waals surface area contributed by atoms with Crippen molar-refractivity contribution in [2.24, 2.45) is 4.99 Å². The molecule has 0 amide bonds. The Morgan fingerprint density at radius 3 is 2.80 bits per heavy atom. The number of hydrogen-bond donors (Lipinski definition) is 0. The largest absolute Gasteiger partial charge is 0.469 e. The summed E-state index contributed by atoms with van der Waals surface area (Å²) in [7, 11) is -3.30. The summed E-state index contributed by atoms with van der Waals surface area (Å²) in [6, 6.07) is 0. The van der Waals surface area contributed by atoms with Gasteiger partial charge in [0, 0.05) is 6.20 Å². The molecule has 0 unspecified atom stereocenters. The van der Waals surface area contributed by atoms with Crippen LogP contribution in [0.5, 0.6) is 0 Å². The molecule has 0 aromatic heterocycles. The fraction of sp³-hybridized carbons (Fsp3) is 0.400. The summed E-state index contributed by atoms with van der Waals surface area (Å²) in [5, 5.41) is 0.813. The van der Waals surface area contributed by atoms with Gasteiger partial charge in [-0.2, -0.15) is 0 Å². The number of rotatable bonds is 1. The molecular formula is C5H7NO3S. The number of aliphatic imine (C=N–C) groups is 1. The Labute approximate surface area is 59.1 Å². The van der Waals surface area contributed by atoms with Crippen molar-refractivity contribution in [1.29, 1.82) is 0 Å². The maximum atomic E-state index is 10.8. The predicted octanol–water partition coefficient (Wildman–Crippen LogP) is 0.279. The summed E-state index contributed by atoms with van der Waals surface area (Å²) in [6.07, 6.45) is 1.21. The van der Waals surface area contributed by atoms with Crippen molar-refractivity contribution in [3.8, 4) is 0 Å². The van der Waals surface area contributed by atoms with Gasteiger partial charge in [-0.3, -0.25) is 0 Å². The van der Waals surface area contributed by atoms with E-state index in [1.54, 1.807) is 6.92 Å². The number of sulfone groups is 1. The number of hydrogen-bond acceptors (Lipinski definition) is 4. The Balaban J connectivity index is 2.84. The van der Waals surface area contributed by atoms with Gasteiger partial charge in [-0.1, -0.05) is 0 Å². The number of ether oxygens (including phenoxy) is 1. The molecule has 0 atom stereocenters. The van der Waals surface area contributed by atoms with Crippen LogP contribution in [0, 0.1) is 0 Å². The van der Waals surface area contributed by atoms with Crippen LogP contribution in [0.3, 0.4) is 0 Å². The Bertz CT molecular complexity index is 275. The van der Waals surface area contributed by atoms with Crippen LogP contribution in [-0.2, 0) is 14.6 Å². The zero-order valence-corrected chi connectivity index (χ0v) is 6.26. The molecule has 5 heteroatoms. The normalized spacial score (nSPS) is 20.7. The second-order valence-electron chi connectivity index (χ2n) is 1.66.